The molecular weight excluding hydrogens is 274 g/mol. The molecule has 0 amide bonds. The number of ketones is 1. The van der Waals surface area contributed by atoms with Gasteiger partial charge in [-0.3, -0.25) is 4.79 Å². The first-order valence-electron chi connectivity index (χ1n) is 7.65. The third-order valence-electron chi connectivity index (χ3n) is 3.69. The van der Waals surface area contributed by atoms with Crippen molar-refractivity contribution in [1.82, 2.24) is 0 Å². The minimum Gasteiger partial charge on any atom is -0.480 e. The molecule has 1 unspecified atom stereocenters. The number of nitrogens with two attached hydrogens (primary N) is 1. The highest BCUT2D eigenvalue weighted by molar-refractivity contribution is 6.01. The summed E-state index contributed by atoms with van der Waals surface area (Å²) in [5.74, 6) is 0.589. The van der Waals surface area contributed by atoms with Crippen molar-refractivity contribution in [3.63, 3.8) is 0 Å². The molecule has 2 aromatic carbocycles. The van der Waals surface area contributed by atoms with Gasteiger partial charge in [-0.05, 0) is 44.0 Å². The molecule has 3 nitrogen and oxygen atoms in total. The molecular formula is C19H23NO2. The van der Waals surface area contributed by atoms with Crippen LogP contribution in [0.3, 0.4) is 0 Å². The zero-order valence-corrected chi connectivity index (χ0v) is 13.4. The minimum absolute atomic E-state index is 0.0197. The zero-order chi connectivity index (χ0) is 16.1. The maximum atomic E-state index is 12.9. The Balaban J connectivity index is 2.29. The Morgan fingerprint density at radius 3 is 2.59 bits per heavy atom. The predicted octanol–water partition coefficient (Wildman–Crippen LogP) is 4.32. The van der Waals surface area contributed by atoms with Crippen LogP contribution in [0.25, 0.3) is 0 Å². The fraction of sp³-hybridized carbons (Fsp3) is 0.316. The van der Waals surface area contributed by atoms with Gasteiger partial charge in [0.25, 0.3) is 0 Å². The Bertz CT molecular complexity index is 664. The minimum atomic E-state index is -0.504. The van der Waals surface area contributed by atoms with Crippen molar-refractivity contribution >= 4 is 11.5 Å². The van der Waals surface area contributed by atoms with Gasteiger partial charge >= 0.3 is 0 Å². The number of nitrogen functional groups attached to an aromatic ring is 1. The van der Waals surface area contributed by atoms with Crippen LogP contribution in [0.4, 0.5) is 5.69 Å². The van der Waals surface area contributed by atoms with Gasteiger partial charge in [0.1, 0.15) is 5.75 Å². The number of hydrogen-bond acceptors (Lipinski definition) is 3. The maximum absolute atomic E-state index is 12.9. The molecule has 0 aliphatic heterocycles. The van der Waals surface area contributed by atoms with Gasteiger partial charge in [-0.15, -0.1) is 0 Å². The fourth-order valence-electron chi connectivity index (χ4n) is 2.42. The van der Waals surface area contributed by atoms with E-state index in [9.17, 15) is 4.79 Å². The number of ether oxygens (including phenoxy) is 1. The Hall–Kier alpha value is -2.29. The van der Waals surface area contributed by atoms with E-state index in [1.54, 1.807) is 12.1 Å². The van der Waals surface area contributed by atoms with Gasteiger partial charge < -0.3 is 10.5 Å². The standard InChI is InChI=1S/C19H23NO2/c1-4-7-18(22-17-9-6-5-8-16(17)20)19(21)15-12-13(2)10-11-14(15)3/h5-6,8-12,18H,4,7,20H2,1-3H3. The van der Waals surface area contributed by atoms with Gasteiger partial charge in [-0.2, -0.15) is 0 Å². The van der Waals surface area contributed by atoms with Gasteiger partial charge in [0, 0.05) is 5.56 Å². The van der Waals surface area contributed by atoms with E-state index in [-0.39, 0.29) is 5.78 Å². The predicted molar refractivity (Wildman–Crippen MR) is 90.4 cm³/mol. The molecule has 0 heterocycles. The van der Waals surface area contributed by atoms with Crippen LogP contribution in [0, 0.1) is 13.8 Å². The number of carbonyl (C=O) groups is 1. The summed E-state index contributed by atoms with van der Waals surface area (Å²) < 4.78 is 5.92. The number of benzene rings is 2. The van der Waals surface area contributed by atoms with Gasteiger partial charge in [-0.1, -0.05) is 43.2 Å². The van der Waals surface area contributed by atoms with Crippen molar-refractivity contribution in [2.75, 3.05) is 5.73 Å². The van der Waals surface area contributed by atoms with Crippen LogP contribution in [0.15, 0.2) is 42.5 Å². The molecule has 0 aromatic heterocycles. The molecule has 0 saturated heterocycles. The average molecular weight is 297 g/mol. The lowest BCUT2D eigenvalue weighted by Gasteiger charge is -2.19. The number of aryl methyl sites for hydroxylation is 2. The summed E-state index contributed by atoms with van der Waals surface area (Å²) in [5, 5.41) is 0. The van der Waals surface area contributed by atoms with Crippen LogP contribution in [0.2, 0.25) is 0 Å². The number of carbonyl (C=O) groups excluding carboxylic acids is 1. The molecule has 0 saturated carbocycles. The number of hydrogen-bond donors (Lipinski definition) is 1. The lowest BCUT2D eigenvalue weighted by atomic mass is 9.97. The van der Waals surface area contributed by atoms with E-state index in [1.165, 1.54) is 0 Å². The normalized spacial score (nSPS) is 12.0. The second-order valence-electron chi connectivity index (χ2n) is 5.62. The molecule has 0 aliphatic rings. The van der Waals surface area contributed by atoms with Gasteiger partial charge in [-0.25, -0.2) is 0 Å². The number of rotatable bonds is 6. The summed E-state index contributed by atoms with van der Waals surface area (Å²) in [6.07, 6.45) is 1.03. The van der Waals surface area contributed by atoms with E-state index in [1.807, 2.05) is 51.1 Å². The van der Waals surface area contributed by atoms with Crippen LogP contribution in [0.1, 0.15) is 41.3 Å². The Labute approximate surface area is 132 Å². The van der Waals surface area contributed by atoms with E-state index in [0.29, 0.717) is 17.9 Å². The van der Waals surface area contributed by atoms with Gasteiger partial charge in [0.05, 0.1) is 5.69 Å². The highest BCUT2D eigenvalue weighted by atomic mass is 16.5. The van der Waals surface area contributed by atoms with Gasteiger partial charge in [0.15, 0.2) is 6.10 Å². The van der Waals surface area contributed by atoms with Crippen LogP contribution in [0.5, 0.6) is 5.75 Å². The topological polar surface area (TPSA) is 52.3 Å². The molecule has 0 aliphatic carbocycles. The molecule has 116 valence electrons. The highest BCUT2D eigenvalue weighted by Crippen LogP contribution is 2.24. The smallest absolute Gasteiger partial charge is 0.203 e. The van der Waals surface area contributed by atoms with E-state index in [0.717, 1.165) is 23.1 Å². The average Bonchev–Trinajstić information content (AvgIpc) is 2.50. The quantitative estimate of drug-likeness (QED) is 0.638. The third-order valence-corrected chi connectivity index (χ3v) is 3.69. The molecule has 2 aromatic rings. The van der Waals surface area contributed by atoms with Crippen molar-refractivity contribution in [3.8, 4) is 5.75 Å². The lowest BCUT2D eigenvalue weighted by Crippen LogP contribution is -2.28. The maximum Gasteiger partial charge on any atom is 0.203 e. The van der Waals surface area contributed by atoms with E-state index >= 15 is 0 Å². The Morgan fingerprint density at radius 2 is 1.91 bits per heavy atom. The molecule has 0 bridgehead atoms. The van der Waals surface area contributed by atoms with Gasteiger partial charge in [0.2, 0.25) is 5.78 Å². The molecule has 0 spiro atoms. The third kappa shape index (κ3) is 3.67. The molecule has 1 atom stereocenters. The first-order valence-corrected chi connectivity index (χ1v) is 7.65. The summed E-state index contributed by atoms with van der Waals surface area (Å²) in [5.41, 5.74) is 9.25. The highest BCUT2D eigenvalue weighted by Gasteiger charge is 2.23. The largest absolute Gasteiger partial charge is 0.480 e. The first kappa shape index (κ1) is 16.1. The van der Waals surface area contributed by atoms with Crippen molar-refractivity contribution in [2.24, 2.45) is 0 Å². The van der Waals surface area contributed by atoms with Crippen LogP contribution in [-0.4, -0.2) is 11.9 Å². The summed E-state index contributed by atoms with van der Waals surface area (Å²) in [7, 11) is 0. The van der Waals surface area contributed by atoms with E-state index in [2.05, 4.69) is 0 Å². The van der Waals surface area contributed by atoms with E-state index in [4.69, 9.17) is 10.5 Å². The molecule has 22 heavy (non-hydrogen) atoms. The SMILES string of the molecule is CCCC(Oc1ccccc1N)C(=O)c1cc(C)ccc1C. The first-order chi connectivity index (χ1) is 10.5. The van der Waals surface area contributed by atoms with E-state index < -0.39 is 6.10 Å². The summed E-state index contributed by atoms with van der Waals surface area (Å²) in [6, 6.07) is 13.2. The number of para-hydroxylation sites is 2. The molecule has 2 N–H and O–H groups in total. The van der Waals surface area contributed by atoms with Crippen LogP contribution < -0.4 is 10.5 Å². The van der Waals surface area contributed by atoms with Crippen molar-refractivity contribution in [1.29, 1.82) is 0 Å². The number of Topliss-reactive ketones (excluding diaryl/α,β-unsaturated/α-hetero) is 1. The number of anilines is 1. The summed E-state index contributed by atoms with van der Waals surface area (Å²) >= 11 is 0. The van der Waals surface area contributed by atoms with Crippen molar-refractivity contribution in [3.05, 3.63) is 59.2 Å². The molecule has 0 radical (unpaired) electrons. The van der Waals surface area contributed by atoms with Crippen molar-refractivity contribution in [2.45, 2.75) is 39.7 Å². The second-order valence-corrected chi connectivity index (χ2v) is 5.62. The Morgan fingerprint density at radius 1 is 1.18 bits per heavy atom. The molecule has 3 heteroatoms. The summed E-state index contributed by atoms with van der Waals surface area (Å²) in [6.45, 7) is 5.98. The van der Waals surface area contributed by atoms with Crippen LogP contribution in [-0.2, 0) is 0 Å². The zero-order valence-electron chi connectivity index (χ0n) is 13.4. The molecule has 2 rings (SSSR count). The van der Waals surface area contributed by atoms with Crippen molar-refractivity contribution < 1.29 is 9.53 Å². The second kappa shape index (κ2) is 7.12. The molecule has 0 fully saturated rings. The van der Waals surface area contributed by atoms with Crippen LogP contribution >= 0.6 is 0 Å². The Kier molecular flexibility index (Phi) is 5.21. The lowest BCUT2D eigenvalue weighted by molar-refractivity contribution is 0.0778. The summed E-state index contributed by atoms with van der Waals surface area (Å²) in [4.78, 5) is 12.9. The monoisotopic (exact) mass is 297 g/mol. The fourth-order valence-corrected chi connectivity index (χ4v) is 2.42.